The molecule has 6 nitrogen and oxygen atoms in total. The molecule has 178 valence electrons. The van der Waals surface area contributed by atoms with Crippen molar-refractivity contribution in [2.45, 2.75) is 53.7 Å². The standard InChI is InChI=1S/C28H32N2O4/c1-17(2)13-24-23(15-29)27(22-11-5-18(3)6-12-22)26(19(4)30-24)28(33)34-16-21-9-7-20(8-10-21)14-25(31)32/h5-12,17H,13-16,29H2,1-4H3,(H,31,32). The van der Waals surface area contributed by atoms with Gasteiger partial charge in [0.1, 0.15) is 6.61 Å². The molecule has 0 saturated carbocycles. The third kappa shape index (κ3) is 6.08. The third-order valence-electron chi connectivity index (χ3n) is 5.66. The highest BCUT2D eigenvalue weighted by Crippen LogP contribution is 2.33. The van der Waals surface area contributed by atoms with Crippen LogP contribution in [0.3, 0.4) is 0 Å². The van der Waals surface area contributed by atoms with Crippen LogP contribution in [0.25, 0.3) is 11.1 Å². The van der Waals surface area contributed by atoms with E-state index in [4.69, 9.17) is 20.6 Å². The van der Waals surface area contributed by atoms with Gasteiger partial charge in [-0.1, -0.05) is 67.9 Å². The van der Waals surface area contributed by atoms with E-state index < -0.39 is 11.9 Å². The molecule has 0 fully saturated rings. The number of aliphatic carboxylic acids is 1. The molecule has 0 aliphatic rings. The Morgan fingerprint density at radius 1 is 1.00 bits per heavy atom. The third-order valence-corrected chi connectivity index (χ3v) is 5.66. The molecule has 6 heteroatoms. The predicted octanol–water partition coefficient (Wildman–Crippen LogP) is 5.01. The largest absolute Gasteiger partial charge is 0.481 e. The quantitative estimate of drug-likeness (QED) is 0.435. The topological polar surface area (TPSA) is 103 Å². The van der Waals surface area contributed by atoms with Crippen molar-refractivity contribution < 1.29 is 19.4 Å². The van der Waals surface area contributed by atoms with Crippen molar-refractivity contribution in [3.63, 3.8) is 0 Å². The van der Waals surface area contributed by atoms with Crippen LogP contribution < -0.4 is 5.73 Å². The number of aromatic nitrogens is 1. The number of pyridine rings is 1. The molecule has 3 N–H and O–H groups in total. The number of carboxylic acids is 1. The molecule has 0 aliphatic heterocycles. The summed E-state index contributed by atoms with van der Waals surface area (Å²) in [5.74, 6) is -0.951. The lowest BCUT2D eigenvalue weighted by Gasteiger charge is -2.20. The molecule has 0 spiro atoms. The SMILES string of the molecule is Cc1ccc(-c2c(CN)c(CC(C)C)nc(C)c2C(=O)OCc2ccc(CC(=O)O)cc2)cc1. The number of carbonyl (C=O) groups is 2. The lowest BCUT2D eigenvalue weighted by atomic mass is 9.90. The first-order valence-corrected chi connectivity index (χ1v) is 11.5. The minimum atomic E-state index is -0.887. The zero-order valence-electron chi connectivity index (χ0n) is 20.2. The van der Waals surface area contributed by atoms with Gasteiger partial charge in [-0.05, 0) is 48.4 Å². The van der Waals surface area contributed by atoms with Crippen LogP contribution in [0, 0.1) is 19.8 Å². The molecule has 1 heterocycles. The molecule has 34 heavy (non-hydrogen) atoms. The molecule has 1 aromatic heterocycles. The van der Waals surface area contributed by atoms with Gasteiger partial charge in [0.15, 0.2) is 0 Å². The van der Waals surface area contributed by atoms with Gasteiger partial charge in [-0.3, -0.25) is 9.78 Å². The van der Waals surface area contributed by atoms with Crippen molar-refractivity contribution in [3.8, 4) is 11.1 Å². The Labute approximate surface area is 200 Å². The lowest BCUT2D eigenvalue weighted by molar-refractivity contribution is -0.136. The van der Waals surface area contributed by atoms with Gasteiger partial charge in [0.25, 0.3) is 0 Å². The number of nitrogens with zero attached hydrogens (tertiary/aromatic N) is 1. The first-order valence-electron chi connectivity index (χ1n) is 11.5. The van der Waals surface area contributed by atoms with E-state index in [0.29, 0.717) is 22.7 Å². The normalized spacial score (nSPS) is 11.0. The second-order valence-corrected chi connectivity index (χ2v) is 9.00. The summed E-state index contributed by atoms with van der Waals surface area (Å²) in [6, 6.07) is 15.0. The van der Waals surface area contributed by atoms with Gasteiger partial charge in [0, 0.05) is 17.8 Å². The smallest absolute Gasteiger partial charge is 0.340 e. The summed E-state index contributed by atoms with van der Waals surface area (Å²) in [6.45, 7) is 8.46. The van der Waals surface area contributed by atoms with Crippen molar-refractivity contribution in [3.05, 3.63) is 87.7 Å². The van der Waals surface area contributed by atoms with Gasteiger partial charge >= 0.3 is 11.9 Å². The number of hydrogen-bond donors (Lipinski definition) is 2. The molecular weight excluding hydrogens is 428 g/mol. The van der Waals surface area contributed by atoms with E-state index in [2.05, 4.69) is 13.8 Å². The highest BCUT2D eigenvalue weighted by molar-refractivity contribution is 5.99. The van der Waals surface area contributed by atoms with E-state index in [0.717, 1.165) is 39.9 Å². The van der Waals surface area contributed by atoms with Gasteiger partial charge in [-0.25, -0.2) is 4.79 Å². The maximum atomic E-state index is 13.3. The number of rotatable bonds is 9. The van der Waals surface area contributed by atoms with Crippen LogP contribution in [-0.2, 0) is 35.5 Å². The van der Waals surface area contributed by atoms with E-state index in [-0.39, 0.29) is 19.6 Å². The predicted molar refractivity (Wildman–Crippen MR) is 132 cm³/mol. The molecule has 0 amide bonds. The Balaban J connectivity index is 1.98. The average molecular weight is 461 g/mol. The highest BCUT2D eigenvalue weighted by atomic mass is 16.5. The van der Waals surface area contributed by atoms with Gasteiger partial charge in [-0.2, -0.15) is 0 Å². The summed E-state index contributed by atoms with van der Waals surface area (Å²) >= 11 is 0. The molecule has 0 unspecified atom stereocenters. The molecule has 0 atom stereocenters. The minimum Gasteiger partial charge on any atom is -0.481 e. The second kappa shape index (κ2) is 11.1. The van der Waals surface area contributed by atoms with Crippen LogP contribution >= 0.6 is 0 Å². The Morgan fingerprint density at radius 2 is 1.62 bits per heavy atom. The molecule has 2 aromatic carbocycles. The van der Waals surface area contributed by atoms with Crippen molar-refractivity contribution >= 4 is 11.9 Å². The Kier molecular flexibility index (Phi) is 8.18. The second-order valence-electron chi connectivity index (χ2n) is 9.00. The first kappa shape index (κ1) is 25.1. The highest BCUT2D eigenvalue weighted by Gasteiger charge is 2.24. The van der Waals surface area contributed by atoms with Crippen molar-refractivity contribution in [1.29, 1.82) is 0 Å². The number of hydrogen-bond acceptors (Lipinski definition) is 5. The molecule has 3 aromatic rings. The molecule has 0 aliphatic carbocycles. The average Bonchev–Trinajstić information content (AvgIpc) is 2.78. The maximum absolute atomic E-state index is 13.3. The number of carbonyl (C=O) groups excluding carboxylic acids is 1. The summed E-state index contributed by atoms with van der Waals surface area (Å²) in [4.78, 5) is 29.0. The van der Waals surface area contributed by atoms with E-state index in [1.54, 1.807) is 24.3 Å². The molecular formula is C28H32N2O4. The summed E-state index contributed by atoms with van der Waals surface area (Å²) in [5, 5.41) is 8.93. The van der Waals surface area contributed by atoms with Gasteiger partial charge in [0.2, 0.25) is 0 Å². The fourth-order valence-corrected chi connectivity index (χ4v) is 4.01. The van der Waals surface area contributed by atoms with Crippen LogP contribution in [0.4, 0.5) is 0 Å². The van der Waals surface area contributed by atoms with Crippen LogP contribution in [0.15, 0.2) is 48.5 Å². The summed E-state index contributed by atoms with van der Waals surface area (Å²) in [5.41, 5.74) is 13.3. The zero-order chi connectivity index (χ0) is 24.8. The number of nitrogens with two attached hydrogens (primary N) is 1. The van der Waals surface area contributed by atoms with E-state index in [1.165, 1.54) is 0 Å². The summed E-state index contributed by atoms with van der Waals surface area (Å²) in [7, 11) is 0. The maximum Gasteiger partial charge on any atom is 0.340 e. The Morgan fingerprint density at radius 3 is 2.18 bits per heavy atom. The lowest BCUT2D eigenvalue weighted by Crippen LogP contribution is -2.17. The number of esters is 1. The fraction of sp³-hybridized carbons (Fsp3) is 0.321. The first-order chi connectivity index (χ1) is 16.2. The van der Waals surface area contributed by atoms with E-state index >= 15 is 0 Å². The number of benzene rings is 2. The van der Waals surface area contributed by atoms with E-state index in [1.807, 2.05) is 38.1 Å². The Bertz CT molecular complexity index is 1170. The van der Waals surface area contributed by atoms with Gasteiger partial charge in [-0.15, -0.1) is 0 Å². The zero-order valence-corrected chi connectivity index (χ0v) is 20.2. The number of aryl methyl sites for hydroxylation is 2. The van der Waals surface area contributed by atoms with Crippen LogP contribution in [0.5, 0.6) is 0 Å². The monoisotopic (exact) mass is 460 g/mol. The van der Waals surface area contributed by atoms with Crippen LogP contribution in [0.2, 0.25) is 0 Å². The van der Waals surface area contributed by atoms with Crippen molar-refractivity contribution in [1.82, 2.24) is 4.98 Å². The Hall–Kier alpha value is -3.51. The fourth-order valence-electron chi connectivity index (χ4n) is 4.01. The molecule has 0 radical (unpaired) electrons. The van der Waals surface area contributed by atoms with Gasteiger partial charge < -0.3 is 15.6 Å². The minimum absolute atomic E-state index is 0.0462. The number of carboxylic acid groups (broad SMARTS) is 1. The molecule has 3 rings (SSSR count). The van der Waals surface area contributed by atoms with Crippen molar-refractivity contribution in [2.75, 3.05) is 0 Å². The van der Waals surface area contributed by atoms with E-state index in [9.17, 15) is 9.59 Å². The summed E-state index contributed by atoms with van der Waals surface area (Å²) in [6.07, 6.45) is 0.722. The van der Waals surface area contributed by atoms with Crippen molar-refractivity contribution in [2.24, 2.45) is 11.7 Å². The van der Waals surface area contributed by atoms with Gasteiger partial charge in [0.05, 0.1) is 17.7 Å². The number of ether oxygens (including phenoxy) is 1. The molecule has 0 bridgehead atoms. The van der Waals surface area contributed by atoms with Crippen LogP contribution in [-0.4, -0.2) is 22.0 Å². The van der Waals surface area contributed by atoms with Crippen LogP contribution in [0.1, 0.15) is 57.8 Å². The molecule has 0 saturated heterocycles. The summed E-state index contributed by atoms with van der Waals surface area (Å²) < 4.78 is 5.69.